The summed E-state index contributed by atoms with van der Waals surface area (Å²) in [5, 5.41) is -0.570. The van der Waals surface area contributed by atoms with Gasteiger partial charge < -0.3 is 9.64 Å². The van der Waals surface area contributed by atoms with Gasteiger partial charge in [-0.25, -0.2) is 17.8 Å². The molecule has 0 aromatic carbocycles. The van der Waals surface area contributed by atoms with Crippen LogP contribution in [0.4, 0.5) is 4.39 Å². The predicted octanol–water partition coefficient (Wildman–Crippen LogP) is 1.41. The minimum Gasteiger partial charge on any atom is -0.472 e. The summed E-state index contributed by atoms with van der Waals surface area (Å²) in [5.41, 5.74) is 0. The van der Waals surface area contributed by atoms with Crippen LogP contribution in [0.5, 0.6) is 5.88 Å². The van der Waals surface area contributed by atoms with Crippen molar-refractivity contribution in [2.75, 3.05) is 18.8 Å². The summed E-state index contributed by atoms with van der Waals surface area (Å²) < 4.78 is 42.6. The molecule has 0 aliphatic carbocycles. The quantitative estimate of drug-likeness (QED) is 0.807. The molecule has 8 heteroatoms. The van der Waals surface area contributed by atoms with Gasteiger partial charge in [0.1, 0.15) is 11.9 Å². The fraction of sp³-hybridized carbons (Fsp3) is 0.600. The zero-order valence-corrected chi connectivity index (χ0v) is 14.1. The Kier molecular flexibility index (Phi) is 5.56. The van der Waals surface area contributed by atoms with Crippen LogP contribution in [-0.2, 0) is 14.6 Å². The van der Waals surface area contributed by atoms with Crippen LogP contribution in [0.25, 0.3) is 0 Å². The molecule has 1 saturated heterocycles. The summed E-state index contributed by atoms with van der Waals surface area (Å²) in [5.74, 6) is -1.42. The summed E-state index contributed by atoms with van der Waals surface area (Å²) in [6.07, 6.45) is 2.26. The van der Waals surface area contributed by atoms with E-state index in [0.29, 0.717) is 25.9 Å². The number of pyridine rings is 1. The molecule has 0 radical (unpaired) electrons. The summed E-state index contributed by atoms with van der Waals surface area (Å²) in [4.78, 5) is 17.4. The van der Waals surface area contributed by atoms with Gasteiger partial charge >= 0.3 is 0 Å². The average molecular weight is 344 g/mol. The molecule has 23 heavy (non-hydrogen) atoms. The molecule has 2 heterocycles. The van der Waals surface area contributed by atoms with Gasteiger partial charge in [0.05, 0.1) is 5.25 Å². The lowest BCUT2D eigenvalue weighted by Gasteiger charge is -2.32. The van der Waals surface area contributed by atoms with Crippen molar-refractivity contribution in [3.63, 3.8) is 0 Å². The standard InChI is InChI=1S/C15H21FN2O4S/c1-11(2)23(20,21)10-14(19)18-8-5-12(6-9-18)22-15-13(16)4-3-7-17-15/h3-4,7,11-12H,5-6,8-10H2,1-2H3. The largest absolute Gasteiger partial charge is 0.472 e. The first-order valence-corrected chi connectivity index (χ1v) is 9.27. The van der Waals surface area contributed by atoms with E-state index < -0.39 is 26.7 Å². The number of rotatable bonds is 5. The monoisotopic (exact) mass is 344 g/mol. The van der Waals surface area contributed by atoms with Gasteiger partial charge in [-0.3, -0.25) is 4.79 Å². The Labute approximate surface area is 135 Å². The van der Waals surface area contributed by atoms with Crippen molar-refractivity contribution in [2.45, 2.75) is 38.0 Å². The number of halogens is 1. The van der Waals surface area contributed by atoms with E-state index in [1.54, 1.807) is 13.8 Å². The zero-order valence-electron chi connectivity index (χ0n) is 13.2. The van der Waals surface area contributed by atoms with E-state index >= 15 is 0 Å². The number of hydrogen-bond acceptors (Lipinski definition) is 5. The first-order chi connectivity index (χ1) is 10.8. The van der Waals surface area contributed by atoms with Crippen LogP contribution in [0.3, 0.4) is 0 Å². The topological polar surface area (TPSA) is 76.6 Å². The van der Waals surface area contributed by atoms with Crippen molar-refractivity contribution in [1.82, 2.24) is 9.88 Å². The second-order valence-corrected chi connectivity index (χ2v) is 8.40. The normalized spacial score (nSPS) is 16.6. The lowest BCUT2D eigenvalue weighted by Crippen LogP contribution is -2.44. The van der Waals surface area contributed by atoms with Crippen LogP contribution in [0.15, 0.2) is 18.3 Å². The average Bonchev–Trinajstić information content (AvgIpc) is 2.49. The Morgan fingerprint density at radius 2 is 2.09 bits per heavy atom. The highest BCUT2D eigenvalue weighted by atomic mass is 32.2. The van der Waals surface area contributed by atoms with Crippen LogP contribution in [-0.4, -0.2) is 54.4 Å². The van der Waals surface area contributed by atoms with Crippen LogP contribution >= 0.6 is 0 Å². The van der Waals surface area contributed by atoms with E-state index in [1.165, 1.54) is 23.2 Å². The number of aromatic nitrogens is 1. The molecular weight excluding hydrogens is 323 g/mol. The van der Waals surface area contributed by atoms with Gasteiger partial charge in [0.25, 0.3) is 5.88 Å². The Hall–Kier alpha value is -1.70. The number of likely N-dealkylation sites (tertiary alicyclic amines) is 1. The number of ether oxygens (including phenoxy) is 1. The molecule has 128 valence electrons. The van der Waals surface area contributed by atoms with Crippen molar-refractivity contribution in [2.24, 2.45) is 0 Å². The molecule has 6 nitrogen and oxygen atoms in total. The maximum atomic E-state index is 13.5. The Morgan fingerprint density at radius 1 is 1.43 bits per heavy atom. The predicted molar refractivity (Wildman–Crippen MR) is 83.3 cm³/mol. The fourth-order valence-corrected chi connectivity index (χ4v) is 3.13. The van der Waals surface area contributed by atoms with E-state index in [2.05, 4.69) is 4.98 Å². The zero-order chi connectivity index (χ0) is 17.0. The molecule has 1 aliphatic heterocycles. The smallest absolute Gasteiger partial charge is 0.250 e. The lowest BCUT2D eigenvalue weighted by molar-refractivity contribution is -0.130. The Bertz CT molecular complexity index is 655. The number of sulfone groups is 1. The van der Waals surface area contributed by atoms with Crippen LogP contribution in [0.2, 0.25) is 0 Å². The van der Waals surface area contributed by atoms with Gasteiger partial charge in [-0.15, -0.1) is 0 Å². The van der Waals surface area contributed by atoms with E-state index in [1.807, 2.05) is 0 Å². The highest BCUT2D eigenvalue weighted by molar-refractivity contribution is 7.92. The van der Waals surface area contributed by atoms with Gasteiger partial charge in [0, 0.05) is 32.1 Å². The van der Waals surface area contributed by atoms with E-state index in [4.69, 9.17) is 4.74 Å². The van der Waals surface area contributed by atoms with Crippen LogP contribution < -0.4 is 4.74 Å². The lowest BCUT2D eigenvalue weighted by atomic mass is 10.1. The first-order valence-electron chi connectivity index (χ1n) is 7.56. The third-order valence-corrected chi connectivity index (χ3v) is 5.93. The molecule has 1 aliphatic rings. The maximum absolute atomic E-state index is 13.5. The summed E-state index contributed by atoms with van der Waals surface area (Å²) in [7, 11) is -3.40. The number of carbonyl (C=O) groups excluding carboxylic acids is 1. The molecule has 0 bridgehead atoms. The van der Waals surface area contributed by atoms with E-state index in [9.17, 15) is 17.6 Å². The number of amides is 1. The molecule has 2 rings (SSSR count). The number of nitrogens with zero attached hydrogens (tertiary/aromatic N) is 2. The fourth-order valence-electron chi connectivity index (χ4n) is 2.27. The van der Waals surface area contributed by atoms with Crippen molar-refractivity contribution < 1.29 is 22.3 Å². The minimum atomic E-state index is -3.40. The van der Waals surface area contributed by atoms with Crippen molar-refractivity contribution in [3.05, 3.63) is 24.1 Å². The van der Waals surface area contributed by atoms with E-state index in [0.717, 1.165) is 0 Å². The summed E-state index contributed by atoms with van der Waals surface area (Å²) in [6, 6.07) is 2.76. The molecule has 1 aromatic heterocycles. The molecule has 0 spiro atoms. The molecule has 1 aromatic rings. The van der Waals surface area contributed by atoms with Gasteiger partial charge in [-0.2, -0.15) is 0 Å². The highest BCUT2D eigenvalue weighted by Crippen LogP contribution is 2.20. The maximum Gasteiger partial charge on any atom is 0.250 e. The van der Waals surface area contributed by atoms with Crippen molar-refractivity contribution >= 4 is 15.7 Å². The molecule has 1 amide bonds. The number of piperidine rings is 1. The van der Waals surface area contributed by atoms with Crippen LogP contribution in [0.1, 0.15) is 26.7 Å². The second-order valence-electron chi connectivity index (χ2n) is 5.84. The Morgan fingerprint density at radius 3 is 2.65 bits per heavy atom. The first kappa shape index (κ1) is 17.7. The number of hydrogen-bond donors (Lipinski definition) is 0. The van der Waals surface area contributed by atoms with E-state index in [-0.39, 0.29) is 17.9 Å². The second kappa shape index (κ2) is 7.25. The third kappa shape index (κ3) is 4.63. The van der Waals surface area contributed by atoms with Gasteiger partial charge in [0.2, 0.25) is 5.91 Å². The summed E-state index contributed by atoms with van der Waals surface area (Å²) >= 11 is 0. The third-order valence-electron chi connectivity index (χ3n) is 3.84. The molecular formula is C15H21FN2O4S. The van der Waals surface area contributed by atoms with Gasteiger partial charge in [-0.05, 0) is 26.0 Å². The van der Waals surface area contributed by atoms with Gasteiger partial charge in [-0.1, -0.05) is 0 Å². The molecule has 0 unspecified atom stereocenters. The van der Waals surface area contributed by atoms with Crippen molar-refractivity contribution in [1.29, 1.82) is 0 Å². The highest BCUT2D eigenvalue weighted by Gasteiger charge is 2.28. The molecule has 1 fully saturated rings. The molecule has 0 N–H and O–H groups in total. The van der Waals surface area contributed by atoms with Crippen molar-refractivity contribution in [3.8, 4) is 5.88 Å². The van der Waals surface area contributed by atoms with Crippen LogP contribution in [0, 0.1) is 5.82 Å². The summed E-state index contributed by atoms with van der Waals surface area (Å²) in [6.45, 7) is 3.91. The number of carbonyl (C=O) groups is 1. The Balaban J connectivity index is 1.86. The van der Waals surface area contributed by atoms with Gasteiger partial charge in [0.15, 0.2) is 15.7 Å². The minimum absolute atomic E-state index is 0.0420. The molecule has 0 atom stereocenters. The SMILES string of the molecule is CC(C)S(=O)(=O)CC(=O)N1CCC(Oc2ncccc2F)CC1. The molecule has 0 saturated carbocycles.